The molecule has 6 nitrogen and oxygen atoms in total. The molecule has 0 fully saturated rings. The van der Waals surface area contributed by atoms with Gasteiger partial charge in [-0.3, -0.25) is 9.80 Å². The van der Waals surface area contributed by atoms with E-state index in [0.717, 1.165) is 90.6 Å². The molecule has 6 heterocycles. The Labute approximate surface area is 406 Å². The molecule has 0 N–H and O–H groups in total. The summed E-state index contributed by atoms with van der Waals surface area (Å²) in [5.41, 5.74) is 12.3. The Balaban J connectivity index is 1.13. The van der Waals surface area contributed by atoms with E-state index in [1.54, 1.807) is 0 Å². The van der Waals surface area contributed by atoms with E-state index in [-0.39, 0.29) is 10.8 Å². The van der Waals surface area contributed by atoms with E-state index in [2.05, 4.69) is 244 Å². The minimum absolute atomic E-state index is 0.270. The van der Waals surface area contributed by atoms with Gasteiger partial charge < -0.3 is 18.3 Å². The van der Waals surface area contributed by atoms with Gasteiger partial charge in [-0.25, -0.2) is 0 Å². The van der Waals surface area contributed by atoms with Gasteiger partial charge in [0.1, 0.15) is 45.3 Å². The molecule has 4 aliphatic heterocycles. The predicted octanol–water partition coefficient (Wildman–Crippen LogP) is 16.4. The normalized spacial score (nSPS) is 16.9. The molecule has 5 aliphatic rings. The molecule has 0 saturated heterocycles. The molecule has 0 unspecified atom stereocenters. The van der Waals surface area contributed by atoms with E-state index in [0.29, 0.717) is 11.8 Å². The zero-order valence-electron chi connectivity index (χ0n) is 39.2. The Bertz CT molecular complexity index is 3360. The summed E-state index contributed by atoms with van der Waals surface area (Å²) in [6.45, 7) is 9.28. The van der Waals surface area contributed by atoms with Crippen LogP contribution >= 0.6 is 0 Å². The standard InChI is InChI=1S/C64H46N2O4/c1-61(2)39-21-5-13-29-49(39)65(50-30-14-6-22-40(50)61)57-37-47-59(69-57)64(45-27-11-19-35-55(45)68-56-36-20-12-28-46(56)64)48-38-58(66-51-31-15-7-23-41(51)62(3,4)42-24-8-16-32-52(42)66)70-60(48)63(47)43-25-9-17-33-53(43)67-54-34-18-10-26-44(54)63/h5-38H,1-4H3. The molecular weight excluding hydrogens is 861 g/mol. The molecular formula is C64H46N2O4. The summed E-state index contributed by atoms with van der Waals surface area (Å²) >= 11 is 0. The van der Waals surface area contributed by atoms with Gasteiger partial charge in [-0.05, 0) is 70.8 Å². The molecule has 70 heavy (non-hydrogen) atoms. The van der Waals surface area contributed by atoms with Gasteiger partial charge in [0.25, 0.3) is 0 Å². The van der Waals surface area contributed by atoms with Gasteiger partial charge in [0, 0.05) is 56.3 Å². The highest BCUT2D eigenvalue weighted by atomic mass is 16.5. The van der Waals surface area contributed by atoms with E-state index in [4.69, 9.17) is 18.3 Å². The molecule has 0 atom stereocenters. The van der Waals surface area contributed by atoms with E-state index >= 15 is 0 Å². The highest BCUT2D eigenvalue weighted by molar-refractivity contribution is 5.89. The minimum atomic E-state index is -1.08. The van der Waals surface area contributed by atoms with Crippen molar-refractivity contribution >= 4 is 34.5 Å². The number of hydrogen-bond donors (Lipinski definition) is 0. The fraction of sp³-hybridized carbons (Fsp3) is 0.125. The van der Waals surface area contributed by atoms with Crippen molar-refractivity contribution in [2.45, 2.75) is 49.4 Å². The smallest absolute Gasteiger partial charge is 0.205 e. The van der Waals surface area contributed by atoms with Crippen LogP contribution in [0.3, 0.4) is 0 Å². The van der Waals surface area contributed by atoms with Crippen molar-refractivity contribution in [3.63, 3.8) is 0 Å². The lowest BCUT2D eigenvalue weighted by Gasteiger charge is -2.48. The first-order valence-electron chi connectivity index (χ1n) is 24.2. The Morgan fingerprint density at radius 1 is 0.286 bits per heavy atom. The first kappa shape index (κ1) is 39.5. The quantitative estimate of drug-likeness (QED) is 0.172. The third-order valence-corrected chi connectivity index (χ3v) is 16.2. The number of para-hydroxylation sites is 8. The van der Waals surface area contributed by atoms with Crippen molar-refractivity contribution in [3.05, 3.63) is 273 Å². The molecule has 336 valence electrons. The SMILES string of the molecule is CC1(C)c2ccccc2N(c2cc3c(o2)C2(c4ccccc4Oc4ccccc42)c2cc(N4c5ccccc5C(C)(C)c5ccccc54)oc2C32c3ccccc3Oc3ccccc32)c2ccccc21. The number of hydrogen-bond acceptors (Lipinski definition) is 6. The Kier molecular flexibility index (Phi) is 7.68. The Morgan fingerprint density at radius 3 is 0.814 bits per heavy atom. The largest absolute Gasteiger partial charge is 0.457 e. The van der Waals surface area contributed by atoms with E-state index in [9.17, 15) is 0 Å². The molecule has 2 aromatic heterocycles. The van der Waals surface area contributed by atoms with Crippen LogP contribution in [-0.2, 0) is 21.7 Å². The molecule has 0 saturated carbocycles. The number of benzene rings is 8. The summed E-state index contributed by atoms with van der Waals surface area (Å²) in [5.74, 6) is 6.01. The molecule has 10 aromatic rings. The number of anilines is 6. The summed E-state index contributed by atoms with van der Waals surface area (Å²) in [6.07, 6.45) is 0. The van der Waals surface area contributed by atoms with Gasteiger partial charge in [0.15, 0.2) is 0 Å². The Morgan fingerprint density at radius 2 is 0.529 bits per heavy atom. The van der Waals surface area contributed by atoms with Crippen LogP contribution in [0.1, 0.15) is 94.8 Å². The lowest BCUT2D eigenvalue weighted by Crippen LogP contribution is -2.46. The van der Waals surface area contributed by atoms with Crippen LogP contribution in [0.4, 0.5) is 34.5 Å². The second-order valence-corrected chi connectivity index (χ2v) is 20.3. The monoisotopic (exact) mass is 906 g/mol. The summed E-state index contributed by atoms with van der Waals surface area (Å²) in [5, 5.41) is 0. The second kappa shape index (κ2) is 13.6. The van der Waals surface area contributed by atoms with Gasteiger partial charge >= 0.3 is 0 Å². The number of rotatable bonds is 2. The fourth-order valence-corrected chi connectivity index (χ4v) is 13.2. The summed E-state index contributed by atoms with van der Waals surface area (Å²) in [7, 11) is 0. The summed E-state index contributed by atoms with van der Waals surface area (Å²) in [4.78, 5) is 4.67. The van der Waals surface area contributed by atoms with Crippen molar-refractivity contribution in [3.8, 4) is 23.0 Å². The van der Waals surface area contributed by atoms with E-state index < -0.39 is 10.8 Å². The zero-order chi connectivity index (χ0) is 46.7. The third kappa shape index (κ3) is 4.73. The summed E-state index contributed by atoms with van der Waals surface area (Å²) in [6, 6.07) is 73.5. The number of ether oxygens (including phenoxy) is 2. The van der Waals surface area contributed by atoms with E-state index in [1.807, 2.05) is 0 Å². The Hall–Kier alpha value is -8.48. The molecule has 2 spiro atoms. The van der Waals surface area contributed by atoms with Crippen molar-refractivity contribution in [2.75, 3.05) is 9.80 Å². The molecule has 0 amide bonds. The van der Waals surface area contributed by atoms with Gasteiger partial charge in [-0.15, -0.1) is 0 Å². The first-order chi connectivity index (χ1) is 34.2. The number of fused-ring (bicyclic) bond motifs is 18. The zero-order valence-corrected chi connectivity index (χ0v) is 39.2. The van der Waals surface area contributed by atoms with Crippen LogP contribution < -0.4 is 19.3 Å². The first-order valence-corrected chi connectivity index (χ1v) is 24.2. The molecule has 6 heteroatoms. The van der Waals surface area contributed by atoms with Gasteiger partial charge in [-0.1, -0.05) is 173 Å². The van der Waals surface area contributed by atoms with Gasteiger partial charge in [0.05, 0.1) is 22.7 Å². The number of nitrogens with zero attached hydrogens (tertiary/aromatic N) is 2. The van der Waals surface area contributed by atoms with Crippen LogP contribution in [0.25, 0.3) is 0 Å². The number of furan rings is 2. The van der Waals surface area contributed by atoms with Crippen molar-refractivity contribution in [2.24, 2.45) is 0 Å². The van der Waals surface area contributed by atoms with Crippen molar-refractivity contribution in [1.82, 2.24) is 0 Å². The average Bonchev–Trinajstić information content (AvgIpc) is 4.05. The molecule has 0 radical (unpaired) electrons. The van der Waals surface area contributed by atoms with Gasteiger partial charge in [0.2, 0.25) is 11.8 Å². The second-order valence-electron chi connectivity index (χ2n) is 20.3. The third-order valence-electron chi connectivity index (χ3n) is 16.2. The maximum Gasteiger partial charge on any atom is 0.205 e. The summed E-state index contributed by atoms with van der Waals surface area (Å²) < 4.78 is 29.9. The average molecular weight is 907 g/mol. The topological polar surface area (TPSA) is 51.2 Å². The maximum absolute atomic E-state index is 8.02. The molecule has 8 aromatic carbocycles. The van der Waals surface area contributed by atoms with Crippen LogP contribution in [0.15, 0.2) is 215 Å². The lowest BCUT2D eigenvalue weighted by molar-refractivity contribution is 0.352. The molecule has 0 bridgehead atoms. The predicted molar refractivity (Wildman–Crippen MR) is 275 cm³/mol. The molecule has 15 rings (SSSR count). The lowest BCUT2D eigenvalue weighted by atomic mass is 9.54. The van der Waals surface area contributed by atoms with Crippen molar-refractivity contribution < 1.29 is 18.3 Å². The van der Waals surface area contributed by atoms with Crippen LogP contribution in [0, 0.1) is 0 Å². The van der Waals surface area contributed by atoms with Gasteiger partial charge in [-0.2, -0.15) is 0 Å². The van der Waals surface area contributed by atoms with E-state index in [1.165, 1.54) is 22.3 Å². The van der Waals surface area contributed by atoms with Crippen molar-refractivity contribution in [1.29, 1.82) is 0 Å². The van der Waals surface area contributed by atoms with Crippen LogP contribution in [-0.4, -0.2) is 0 Å². The van der Waals surface area contributed by atoms with Crippen LogP contribution in [0.5, 0.6) is 23.0 Å². The highest BCUT2D eigenvalue weighted by Gasteiger charge is 2.64. The van der Waals surface area contributed by atoms with Crippen LogP contribution in [0.2, 0.25) is 0 Å². The molecule has 1 aliphatic carbocycles. The fourth-order valence-electron chi connectivity index (χ4n) is 13.2. The highest BCUT2D eigenvalue weighted by Crippen LogP contribution is 2.70. The minimum Gasteiger partial charge on any atom is -0.457 e. The maximum atomic E-state index is 8.02.